The maximum absolute atomic E-state index is 5.54. The first kappa shape index (κ1) is 8.57. The number of hydrogen-bond donors (Lipinski definition) is 1. The van der Waals surface area contributed by atoms with E-state index in [1.807, 2.05) is 7.05 Å². The van der Waals surface area contributed by atoms with Gasteiger partial charge in [-0.2, -0.15) is 0 Å². The van der Waals surface area contributed by atoms with Crippen LogP contribution < -0.4 is 10.1 Å². The van der Waals surface area contributed by atoms with Crippen LogP contribution in [0.15, 0.2) is 12.1 Å². The molecule has 2 heteroatoms. The van der Waals surface area contributed by atoms with Gasteiger partial charge in [0.2, 0.25) is 0 Å². The van der Waals surface area contributed by atoms with E-state index in [2.05, 4.69) is 24.4 Å². The van der Waals surface area contributed by atoms with E-state index in [4.69, 9.17) is 4.74 Å². The summed E-state index contributed by atoms with van der Waals surface area (Å²) >= 11 is 0. The van der Waals surface area contributed by atoms with Gasteiger partial charge in [-0.3, -0.25) is 0 Å². The fourth-order valence-electron chi connectivity index (χ4n) is 1.89. The molecule has 2 rings (SSSR count). The van der Waals surface area contributed by atoms with E-state index >= 15 is 0 Å². The summed E-state index contributed by atoms with van der Waals surface area (Å²) < 4.78 is 5.54. The second-order valence-electron chi connectivity index (χ2n) is 3.53. The summed E-state index contributed by atoms with van der Waals surface area (Å²) in [6.07, 6.45) is 1.06. The largest absolute Gasteiger partial charge is 0.493 e. The standard InChI is InChI=1S/C11H15NO/c1-8-5-9(7-12-2)6-10-3-4-13-11(8)10/h5-6,12H,3-4,7H2,1-2H3. The van der Waals surface area contributed by atoms with Crippen molar-refractivity contribution in [2.45, 2.75) is 19.9 Å². The third-order valence-electron chi connectivity index (χ3n) is 2.41. The quantitative estimate of drug-likeness (QED) is 0.741. The lowest BCUT2D eigenvalue weighted by Crippen LogP contribution is -2.05. The van der Waals surface area contributed by atoms with Crippen molar-refractivity contribution in [2.24, 2.45) is 0 Å². The Bertz CT molecular complexity index is 320. The van der Waals surface area contributed by atoms with Gasteiger partial charge in [-0.05, 0) is 30.7 Å². The van der Waals surface area contributed by atoms with Crippen LogP contribution in [0.1, 0.15) is 16.7 Å². The highest BCUT2D eigenvalue weighted by Crippen LogP contribution is 2.30. The van der Waals surface area contributed by atoms with E-state index in [1.54, 1.807) is 0 Å². The lowest BCUT2D eigenvalue weighted by Gasteiger charge is -2.07. The molecule has 1 N–H and O–H groups in total. The van der Waals surface area contributed by atoms with E-state index in [0.29, 0.717) is 0 Å². The molecule has 1 aliphatic rings. The first-order chi connectivity index (χ1) is 6.31. The van der Waals surface area contributed by atoms with Crippen LogP contribution in [-0.2, 0) is 13.0 Å². The third-order valence-corrected chi connectivity index (χ3v) is 2.41. The van der Waals surface area contributed by atoms with E-state index in [0.717, 1.165) is 25.3 Å². The lowest BCUT2D eigenvalue weighted by molar-refractivity contribution is 0.354. The summed E-state index contributed by atoms with van der Waals surface area (Å²) in [6.45, 7) is 3.90. The molecular weight excluding hydrogens is 162 g/mol. The summed E-state index contributed by atoms with van der Waals surface area (Å²) in [5.74, 6) is 1.11. The monoisotopic (exact) mass is 177 g/mol. The minimum absolute atomic E-state index is 0.846. The molecule has 0 amide bonds. The van der Waals surface area contributed by atoms with Crippen LogP contribution in [0.4, 0.5) is 0 Å². The number of aryl methyl sites for hydroxylation is 1. The highest BCUT2D eigenvalue weighted by atomic mass is 16.5. The van der Waals surface area contributed by atoms with Gasteiger partial charge in [-0.1, -0.05) is 12.1 Å². The summed E-state index contributed by atoms with van der Waals surface area (Å²) in [5.41, 5.74) is 3.98. The van der Waals surface area contributed by atoms with Gasteiger partial charge in [0.05, 0.1) is 6.61 Å². The Kier molecular flexibility index (Phi) is 2.23. The molecule has 13 heavy (non-hydrogen) atoms. The van der Waals surface area contributed by atoms with Crippen molar-refractivity contribution in [3.63, 3.8) is 0 Å². The van der Waals surface area contributed by atoms with Crippen LogP contribution in [0.5, 0.6) is 5.75 Å². The highest BCUT2D eigenvalue weighted by Gasteiger charge is 2.14. The Labute approximate surface area is 78.9 Å². The van der Waals surface area contributed by atoms with Crippen molar-refractivity contribution in [1.29, 1.82) is 0 Å². The fourth-order valence-corrected chi connectivity index (χ4v) is 1.89. The van der Waals surface area contributed by atoms with Crippen molar-refractivity contribution >= 4 is 0 Å². The molecule has 0 bridgehead atoms. The highest BCUT2D eigenvalue weighted by molar-refractivity contribution is 5.46. The van der Waals surface area contributed by atoms with Crippen LogP contribution in [0, 0.1) is 6.92 Å². The van der Waals surface area contributed by atoms with Gasteiger partial charge in [-0.25, -0.2) is 0 Å². The van der Waals surface area contributed by atoms with Gasteiger partial charge in [0.15, 0.2) is 0 Å². The Morgan fingerprint density at radius 1 is 1.46 bits per heavy atom. The van der Waals surface area contributed by atoms with Crippen molar-refractivity contribution in [3.8, 4) is 5.75 Å². The Morgan fingerprint density at radius 2 is 2.31 bits per heavy atom. The molecule has 0 unspecified atom stereocenters. The average molecular weight is 177 g/mol. The predicted octanol–water partition coefficient (Wildman–Crippen LogP) is 1.65. The van der Waals surface area contributed by atoms with Crippen molar-refractivity contribution < 1.29 is 4.74 Å². The average Bonchev–Trinajstić information content (AvgIpc) is 2.53. The maximum atomic E-state index is 5.54. The lowest BCUT2D eigenvalue weighted by atomic mass is 10.0. The minimum Gasteiger partial charge on any atom is -0.493 e. The summed E-state index contributed by atoms with van der Waals surface area (Å²) in [4.78, 5) is 0. The van der Waals surface area contributed by atoms with Gasteiger partial charge in [-0.15, -0.1) is 0 Å². The number of ether oxygens (including phenoxy) is 1. The van der Waals surface area contributed by atoms with Crippen LogP contribution >= 0.6 is 0 Å². The molecule has 1 aromatic carbocycles. The Morgan fingerprint density at radius 3 is 3.08 bits per heavy atom. The molecule has 1 aliphatic heterocycles. The molecule has 70 valence electrons. The van der Waals surface area contributed by atoms with Crippen LogP contribution in [0.2, 0.25) is 0 Å². The van der Waals surface area contributed by atoms with E-state index < -0.39 is 0 Å². The van der Waals surface area contributed by atoms with Gasteiger partial charge in [0.25, 0.3) is 0 Å². The zero-order chi connectivity index (χ0) is 9.26. The third kappa shape index (κ3) is 1.54. The number of nitrogens with one attached hydrogen (secondary N) is 1. The topological polar surface area (TPSA) is 21.3 Å². The van der Waals surface area contributed by atoms with E-state index in [1.165, 1.54) is 16.7 Å². The van der Waals surface area contributed by atoms with Gasteiger partial charge >= 0.3 is 0 Å². The molecule has 0 atom stereocenters. The zero-order valence-electron chi connectivity index (χ0n) is 8.18. The van der Waals surface area contributed by atoms with E-state index in [9.17, 15) is 0 Å². The van der Waals surface area contributed by atoms with Gasteiger partial charge in [0.1, 0.15) is 5.75 Å². The normalized spacial score (nSPS) is 14.0. The van der Waals surface area contributed by atoms with Crippen molar-refractivity contribution in [1.82, 2.24) is 5.32 Å². The van der Waals surface area contributed by atoms with Gasteiger partial charge in [0, 0.05) is 13.0 Å². The predicted molar refractivity (Wildman–Crippen MR) is 53.1 cm³/mol. The first-order valence-electron chi connectivity index (χ1n) is 4.71. The molecule has 0 spiro atoms. The minimum atomic E-state index is 0.846. The summed E-state index contributed by atoms with van der Waals surface area (Å²) in [5, 5.41) is 3.16. The molecule has 0 saturated heterocycles. The summed E-state index contributed by atoms with van der Waals surface area (Å²) in [7, 11) is 1.97. The molecule has 1 heterocycles. The number of rotatable bonds is 2. The number of hydrogen-bond acceptors (Lipinski definition) is 2. The zero-order valence-corrected chi connectivity index (χ0v) is 8.18. The Hall–Kier alpha value is -1.02. The molecule has 0 saturated carbocycles. The second kappa shape index (κ2) is 3.38. The maximum Gasteiger partial charge on any atom is 0.125 e. The number of benzene rings is 1. The molecule has 0 aromatic heterocycles. The fraction of sp³-hybridized carbons (Fsp3) is 0.455. The van der Waals surface area contributed by atoms with E-state index in [-0.39, 0.29) is 0 Å². The smallest absolute Gasteiger partial charge is 0.125 e. The Balaban J connectivity index is 2.37. The molecule has 0 fully saturated rings. The van der Waals surface area contributed by atoms with Crippen LogP contribution in [0.3, 0.4) is 0 Å². The van der Waals surface area contributed by atoms with Crippen LogP contribution in [0.25, 0.3) is 0 Å². The summed E-state index contributed by atoms with van der Waals surface area (Å²) in [6, 6.07) is 4.44. The van der Waals surface area contributed by atoms with Crippen LogP contribution in [-0.4, -0.2) is 13.7 Å². The molecule has 0 radical (unpaired) electrons. The molecule has 1 aromatic rings. The second-order valence-corrected chi connectivity index (χ2v) is 3.53. The van der Waals surface area contributed by atoms with Crippen molar-refractivity contribution in [2.75, 3.05) is 13.7 Å². The van der Waals surface area contributed by atoms with Crippen molar-refractivity contribution in [3.05, 3.63) is 28.8 Å². The molecular formula is C11H15NO. The molecule has 0 aliphatic carbocycles. The molecule has 2 nitrogen and oxygen atoms in total. The van der Waals surface area contributed by atoms with Gasteiger partial charge < -0.3 is 10.1 Å². The SMILES string of the molecule is CNCc1cc(C)c2c(c1)CCO2. The number of fused-ring (bicyclic) bond motifs is 1. The first-order valence-corrected chi connectivity index (χ1v) is 4.71.